The summed E-state index contributed by atoms with van der Waals surface area (Å²) in [6.07, 6.45) is 2.80. The Kier molecular flexibility index (Phi) is 3.66. The van der Waals surface area contributed by atoms with Gasteiger partial charge in [0.2, 0.25) is 0 Å². The Labute approximate surface area is 121 Å². The van der Waals surface area contributed by atoms with Crippen molar-refractivity contribution in [2.75, 3.05) is 0 Å². The highest BCUT2D eigenvalue weighted by atomic mass is 15.0. The number of hydrogen-bond acceptors (Lipinski definition) is 1. The molecular weight excluding hydrogens is 244 g/mol. The van der Waals surface area contributed by atoms with E-state index >= 15 is 0 Å². The molecule has 3 rings (SSSR count). The molecule has 0 amide bonds. The molecule has 1 aromatic heterocycles. The Morgan fingerprint density at radius 1 is 1.20 bits per heavy atom. The van der Waals surface area contributed by atoms with Crippen LogP contribution in [0, 0.1) is 19.8 Å². The summed E-state index contributed by atoms with van der Waals surface area (Å²) < 4.78 is 2.35. The highest BCUT2D eigenvalue weighted by molar-refractivity contribution is 5.40. The van der Waals surface area contributed by atoms with E-state index in [1.165, 1.54) is 35.5 Å². The maximum Gasteiger partial charge on any atom is 0.0455 e. The maximum atomic E-state index is 3.68. The van der Waals surface area contributed by atoms with Gasteiger partial charge >= 0.3 is 0 Å². The molecule has 0 bridgehead atoms. The predicted molar refractivity (Wildman–Crippen MR) is 84.3 cm³/mol. The molecule has 2 heteroatoms. The Morgan fingerprint density at radius 3 is 2.55 bits per heavy atom. The number of benzene rings is 1. The zero-order valence-electron chi connectivity index (χ0n) is 12.7. The van der Waals surface area contributed by atoms with Crippen LogP contribution in [-0.2, 0) is 6.54 Å². The standard InChI is InChI=1S/C18H24N2/c1-13-11-17(12-19-14(2)16-9-10-16)15(3)20(13)18-7-5-4-6-8-18/h4-8,11,14,16,19H,9-10,12H2,1-3H3. The van der Waals surface area contributed by atoms with Gasteiger partial charge in [0.05, 0.1) is 0 Å². The van der Waals surface area contributed by atoms with E-state index in [4.69, 9.17) is 0 Å². The lowest BCUT2D eigenvalue weighted by molar-refractivity contribution is 0.495. The molecule has 20 heavy (non-hydrogen) atoms. The molecule has 1 fully saturated rings. The number of hydrogen-bond donors (Lipinski definition) is 1. The van der Waals surface area contributed by atoms with Crippen molar-refractivity contribution in [3.8, 4) is 5.69 Å². The molecule has 1 aliphatic carbocycles. The van der Waals surface area contributed by atoms with Crippen LogP contribution in [0.25, 0.3) is 5.69 Å². The van der Waals surface area contributed by atoms with E-state index in [0.717, 1.165) is 12.5 Å². The van der Waals surface area contributed by atoms with E-state index in [1.807, 2.05) is 0 Å². The number of nitrogens with zero attached hydrogens (tertiary/aromatic N) is 1. The molecule has 1 atom stereocenters. The minimum absolute atomic E-state index is 0.648. The van der Waals surface area contributed by atoms with Crippen molar-refractivity contribution in [1.82, 2.24) is 9.88 Å². The molecule has 0 saturated heterocycles. The molecule has 1 N–H and O–H groups in total. The fraction of sp³-hybridized carbons (Fsp3) is 0.444. The number of nitrogens with one attached hydrogen (secondary N) is 1. The molecular formula is C18H24N2. The van der Waals surface area contributed by atoms with Crippen molar-refractivity contribution < 1.29 is 0 Å². The Bertz CT molecular complexity index is 579. The van der Waals surface area contributed by atoms with E-state index in [1.54, 1.807) is 0 Å². The quantitative estimate of drug-likeness (QED) is 0.868. The Morgan fingerprint density at radius 2 is 1.90 bits per heavy atom. The Hall–Kier alpha value is -1.54. The molecule has 2 nitrogen and oxygen atoms in total. The predicted octanol–water partition coefficient (Wildman–Crippen LogP) is 3.98. The van der Waals surface area contributed by atoms with Crippen molar-refractivity contribution in [2.45, 2.75) is 46.2 Å². The van der Waals surface area contributed by atoms with Crippen LogP contribution in [0.15, 0.2) is 36.4 Å². The van der Waals surface area contributed by atoms with Crippen molar-refractivity contribution in [3.05, 3.63) is 53.3 Å². The summed E-state index contributed by atoms with van der Waals surface area (Å²) in [6, 6.07) is 13.6. The lowest BCUT2D eigenvalue weighted by Gasteiger charge is -2.13. The topological polar surface area (TPSA) is 17.0 Å². The fourth-order valence-electron chi connectivity index (χ4n) is 3.02. The van der Waals surface area contributed by atoms with Gasteiger partial charge in [0.25, 0.3) is 0 Å². The van der Waals surface area contributed by atoms with Gasteiger partial charge in [0.1, 0.15) is 0 Å². The van der Waals surface area contributed by atoms with E-state index < -0.39 is 0 Å². The van der Waals surface area contributed by atoms with Gasteiger partial charge in [-0.1, -0.05) is 18.2 Å². The minimum Gasteiger partial charge on any atom is -0.318 e. The average Bonchev–Trinajstić information content (AvgIpc) is 3.25. The molecule has 1 aromatic carbocycles. The van der Waals surface area contributed by atoms with Crippen LogP contribution in [0.2, 0.25) is 0 Å². The van der Waals surface area contributed by atoms with Crippen LogP contribution in [0.1, 0.15) is 36.7 Å². The first-order valence-corrected chi connectivity index (χ1v) is 7.63. The van der Waals surface area contributed by atoms with Gasteiger partial charge in [-0.25, -0.2) is 0 Å². The third-order valence-electron chi connectivity index (χ3n) is 4.49. The number of aromatic nitrogens is 1. The number of rotatable bonds is 5. The third kappa shape index (κ3) is 2.66. The number of aryl methyl sites for hydroxylation is 1. The van der Waals surface area contributed by atoms with Gasteiger partial charge in [-0.2, -0.15) is 0 Å². The van der Waals surface area contributed by atoms with Crippen LogP contribution in [0.3, 0.4) is 0 Å². The first-order chi connectivity index (χ1) is 9.66. The second kappa shape index (κ2) is 5.45. The third-order valence-corrected chi connectivity index (χ3v) is 4.49. The van der Waals surface area contributed by atoms with Crippen molar-refractivity contribution in [3.63, 3.8) is 0 Å². The largest absolute Gasteiger partial charge is 0.318 e. The van der Waals surface area contributed by atoms with E-state index in [9.17, 15) is 0 Å². The smallest absolute Gasteiger partial charge is 0.0455 e. The minimum atomic E-state index is 0.648. The van der Waals surface area contributed by atoms with Crippen molar-refractivity contribution in [2.24, 2.45) is 5.92 Å². The van der Waals surface area contributed by atoms with Gasteiger partial charge in [0.15, 0.2) is 0 Å². The molecule has 106 valence electrons. The number of para-hydroxylation sites is 1. The molecule has 1 aliphatic rings. The SMILES string of the molecule is Cc1cc(CNC(C)C2CC2)c(C)n1-c1ccccc1. The van der Waals surface area contributed by atoms with Gasteiger partial charge in [-0.3, -0.25) is 0 Å². The first-order valence-electron chi connectivity index (χ1n) is 7.63. The summed E-state index contributed by atoms with van der Waals surface area (Å²) in [6.45, 7) is 7.70. The molecule has 1 saturated carbocycles. The zero-order valence-corrected chi connectivity index (χ0v) is 12.7. The molecule has 1 unspecified atom stereocenters. The highest BCUT2D eigenvalue weighted by Crippen LogP contribution is 2.32. The monoisotopic (exact) mass is 268 g/mol. The molecule has 2 aromatic rings. The molecule has 0 radical (unpaired) electrons. The second-order valence-corrected chi connectivity index (χ2v) is 6.07. The molecule has 0 spiro atoms. The van der Waals surface area contributed by atoms with Crippen LogP contribution in [0.4, 0.5) is 0 Å². The average molecular weight is 268 g/mol. The molecule has 0 aliphatic heterocycles. The summed E-state index contributed by atoms with van der Waals surface area (Å²) >= 11 is 0. The van der Waals surface area contributed by atoms with Gasteiger partial charge in [-0.05, 0) is 63.3 Å². The summed E-state index contributed by atoms with van der Waals surface area (Å²) in [5, 5.41) is 3.68. The van der Waals surface area contributed by atoms with Crippen LogP contribution < -0.4 is 5.32 Å². The first kappa shape index (κ1) is 13.4. The van der Waals surface area contributed by atoms with Gasteiger partial charge in [-0.15, -0.1) is 0 Å². The zero-order chi connectivity index (χ0) is 14.1. The lowest BCUT2D eigenvalue weighted by atomic mass is 10.2. The van der Waals surface area contributed by atoms with E-state index in [-0.39, 0.29) is 0 Å². The Balaban J connectivity index is 1.79. The normalized spacial score (nSPS) is 16.4. The van der Waals surface area contributed by atoms with E-state index in [2.05, 4.69) is 67.1 Å². The van der Waals surface area contributed by atoms with Crippen molar-refractivity contribution >= 4 is 0 Å². The maximum absolute atomic E-state index is 3.68. The lowest BCUT2D eigenvalue weighted by Crippen LogP contribution is -2.27. The summed E-state index contributed by atoms with van der Waals surface area (Å²) in [5.74, 6) is 0.910. The fourth-order valence-corrected chi connectivity index (χ4v) is 3.02. The van der Waals surface area contributed by atoms with Crippen molar-refractivity contribution in [1.29, 1.82) is 0 Å². The highest BCUT2D eigenvalue weighted by Gasteiger charge is 2.27. The van der Waals surface area contributed by atoms with Crippen LogP contribution in [-0.4, -0.2) is 10.6 Å². The summed E-state index contributed by atoms with van der Waals surface area (Å²) in [4.78, 5) is 0. The van der Waals surface area contributed by atoms with E-state index in [0.29, 0.717) is 6.04 Å². The van der Waals surface area contributed by atoms with Gasteiger partial charge in [0, 0.05) is 29.7 Å². The molecule has 1 heterocycles. The summed E-state index contributed by atoms with van der Waals surface area (Å²) in [7, 11) is 0. The van der Waals surface area contributed by atoms with Crippen LogP contribution >= 0.6 is 0 Å². The second-order valence-electron chi connectivity index (χ2n) is 6.07. The van der Waals surface area contributed by atoms with Crippen LogP contribution in [0.5, 0.6) is 0 Å². The van der Waals surface area contributed by atoms with Gasteiger partial charge < -0.3 is 9.88 Å². The summed E-state index contributed by atoms with van der Waals surface area (Å²) in [5.41, 5.74) is 5.33.